The van der Waals surface area contributed by atoms with Gasteiger partial charge in [-0.1, -0.05) is 0 Å². The van der Waals surface area contributed by atoms with E-state index in [4.69, 9.17) is 9.84 Å². The number of carbonyl (C=O) groups is 2. The van der Waals surface area contributed by atoms with Crippen LogP contribution in [0, 0.1) is 0 Å². The molecule has 5 nitrogen and oxygen atoms in total. The Bertz CT molecular complexity index is 390. The molecule has 0 spiro atoms. The van der Waals surface area contributed by atoms with Crippen molar-refractivity contribution in [2.75, 3.05) is 6.61 Å². The average molecular weight is 241 g/mol. The molecule has 1 aromatic rings. The summed E-state index contributed by atoms with van der Waals surface area (Å²) in [4.78, 5) is 22.5. The summed E-state index contributed by atoms with van der Waals surface area (Å²) in [6.45, 7) is 0.367. The van der Waals surface area contributed by atoms with Gasteiger partial charge in [-0.2, -0.15) is 11.3 Å². The van der Waals surface area contributed by atoms with Crippen LogP contribution >= 0.6 is 11.3 Å². The van der Waals surface area contributed by atoms with Gasteiger partial charge in [-0.15, -0.1) is 0 Å². The second-order valence-electron chi connectivity index (χ2n) is 3.51. The van der Waals surface area contributed by atoms with E-state index in [1.807, 2.05) is 0 Å². The molecule has 1 aromatic heterocycles. The van der Waals surface area contributed by atoms with Crippen molar-refractivity contribution in [3.63, 3.8) is 0 Å². The standard InChI is InChI=1S/C10H11NO4S/c12-9(6-2-4-16-5-6)11-7-1-3-15-8(7)10(13)14/h2,4-5,7-8H,1,3H2,(H,11,12)(H,13,14)/t7-,8+/m0/s1. The summed E-state index contributed by atoms with van der Waals surface area (Å²) in [6, 6.07) is 1.26. The molecule has 0 aliphatic carbocycles. The van der Waals surface area contributed by atoms with E-state index in [2.05, 4.69) is 5.32 Å². The molecule has 0 radical (unpaired) electrons. The molecule has 16 heavy (non-hydrogen) atoms. The van der Waals surface area contributed by atoms with Gasteiger partial charge in [0.15, 0.2) is 6.10 Å². The van der Waals surface area contributed by atoms with Crippen molar-refractivity contribution in [1.82, 2.24) is 5.32 Å². The van der Waals surface area contributed by atoms with Gasteiger partial charge in [-0.3, -0.25) is 4.79 Å². The number of carboxylic acid groups (broad SMARTS) is 1. The van der Waals surface area contributed by atoms with Gasteiger partial charge in [0.2, 0.25) is 0 Å². The number of carboxylic acids is 1. The summed E-state index contributed by atoms with van der Waals surface area (Å²) in [7, 11) is 0. The van der Waals surface area contributed by atoms with Gasteiger partial charge in [-0.25, -0.2) is 4.79 Å². The molecule has 0 saturated carbocycles. The summed E-state index contributed by atoms with van der Waals surface area (Å²) in [5, 5.41) is 15.1. The third-order valence-electron chi connectivity index (χ3n) is 2.43. The molecular formula is C10H11NO4S. The Morgan fingerprint density at radius 2 is 2.38 bits per heavy atom. The molecule has 2 N–H and O–H groups in total. The zero-order valence-electron chi connectivity index (χ0n) is 8.38. The maximum absolute atomic E-state index is 11.7. The van der Waals surface area contributed by atoms with E-state index in [-0.39, 0.29) is 5.91 Å². The third-order valence-corrected chi connectivity index (χ3v) is 3.12. The summed E-state index contributed by atoms with van der Waals surface area (Å²) in [5.74, 6) is -1.28. The minimum Gasteiger partial charge on any atom is -0.479 e. The maximum atomic E-state index is 11.7. The van der Waals surface area contributed by atoms with Gasteiger partial charge in [0.05, 0.1) is 6.04 Å². The van der Waals surface area contributed by atoms with Crippen LogP contribution in [0.3, 0.4) is 0 Å². The lowest BCUT2D eigenvalue weighted by Gasteiger charge is -2.15. The molecule has 2 atom stereocenters. The normalized spacial score (nSPS) is 24.2. The lowest BCUT2D eigenvalue weighted by molar-refractivity contribution is -0.148. The fraction of sp³-hybridized carbons (Fsp3) is 0.400. The Morgan fingerprint density at radius 3 is 3.00 bits per heavy atom. The fourth-order valence-corrected chi connectivity index (χ4v) is 2.26. The first-order valence-electron chi connectivity index (χ1n) is 4.86. The van der Waals surface area contributed by atoms with E-state index in [1.165, 1.54) is 11.3 Å². The molecule has 6 heteroatoms. The Labute approximate surface area is 96.0 Å². The van der Waals surface area contributed by atoms with Crippen LogP contribution in [0.4, 0.5) is 0 Å². The lowest BCUT2D eigenvalue weighted by atomic mass is 10.1. The van der Waals surface area contributed by atoms with Gasteiger partial charge in [0.1, 0.15) is 0 Å². The van der Waals surface area contributed by atoms with E-state index in [0.29, 0.717) is 18.6 Å². The van der Waals surface area contributed by atoms with Gasteiger partial charge in [0.25, 0.3) is 5.91 Å². The van der Waals surface area contributed by atoms with Crippen LogP contribution in [0.15, 0.2) is 16.8 Å². The molecular weight excluding hydrogens is 230 g/mol. The van der Waals surface area contributed by atoms with Gasteiger partial charge < -0.3 is 15.2 Å². The van der Waals surface area contributed by atoms with Crippen LogP contribution in [0.25, 0.3) is 0 Å². The molecule has 1 amide bonds. The summed E-state index contributed by atoms with van der Waals surface area (Å²) < 4.78 is 5.03. The Balaban J connectivity index is 1.99. The number of thiophene rings is 1. The van der Waals surface area contributed by atoms with Gasteiger partial charge >= 0.3 is 5.97 Å². The maximum Gasteiger partial charge on any atom is 0.334 e. The molecule has 0 aromatic carbocycles. The molecule has 1 aliphatic heterocycles. The number of amides is 1. The Morgan fingerprint density at radius 1 is 1.56 bits per heavy atom. The van der Waals surface area contributed by atoms with Crippen LogP contribution in [0.2, 0.25) is 0 Å². The van der Waals surface area contributed by atoms with E-state index in [0.717, 1.165) is 0 Å². The predicted octanol–water partition coefficient (Wildman–Crippen LogP) is 0.720. The van der Waals surface area contributed by atoms with Gasteiger partial charge in [0, 0.05) is 17.6 Å². The highest BCUT2D eigenvalue weighted by Crippen LogP contribution is 2.15. The highest BCUT2D eigenvalue weighted by Gasteiger charge is 2.35. The quantitative estimate of drug-likeness (QED) is 0.817. The monoisotopic (exact) mass is 241 g/mol. The SMILES string of the molecule is O=C(N[C@H]1CCO[C@H]1C(=O)O)c1ccsc1. The predicted molar refractivity (Wildman–Crippen MR) is 57.6 cm³/mol. The van der Waals surface area contributed by atoms with Crippen molar-refractivity contribution in [2.24, 2.45) is 0 Å². The van der Waals surface area contributed by atoms with Crippen LogP contribution in [-0.2, 0) is 9.53 Å². The third kappa shape index (κ3) is 2.23. The van der Waals surface area contributed by atoms with E-state index in [9.17, 15) is 9.59 Å². The number of nitrogens with one attached hydrogen (secondary N) is 1. The van der Waals surface area contributed by atoms with E-state index in [1.54, 1.807) is 16.8 Å². The molecule has 1 saturated heterocycles. The second-order valence-corrected chi connectivity index (χ2v) is 4.29. The minimum atomic E-state index is -1.03. The largest absolute Gasteiger partial charge is 0.479 e. The van der Waals surface area contributed by atoms with Crippen LogP contribution in [0.5, 0.6) is 0 Å². The van der Waals surface area contributed by atoms with E-state index < -0.39 is 18.1 Å². The number of hydrogen-bond acceptors (Lipinski definition) is 4. The first kappa shape index (κ1) is 11.1. The summed E-state index contributed by atoms with van der Waals surface area (Å²) in [5.41, 5.74) is 0.557. The zero-order chi connectivity index (χ0) is 11.5. The zero-order valence-corrected chi connectivity index (χ0v) is 9.20. The molecule has 2 heterocycles. The molecule has 86 valence electrons. The van der Waals surface area contributed by atoms with Crippen LogP contribution < -0.4 is 5.32 Å². The summed E-state index contributed by atoms with van der Waals surface area (Å²) in [6.07, 6.45) is -0.394. The van der Waals surface area contributed by atoms with E-state index >= 15 is 0 Å². The van der Waals surface area contributed by atoms with Gasteiger partial charge in [-0.05, 0) is 17.9 Å². The van der Waals surface area contributed by atoms with Crippen LogP contribution in [-0.4, -0.2) is 35.7 Å². The molecule has 1 aliphatic rings. The number of aliphatic carboxylic acids is 1. The number of ether oxygens (including phenoxy) is 1. The van der Waals surface area contributed by atoms with Crippen molar-refractivity contribution >= 4 is 23.2 Å². The van der Waals surface area contributed by atoms with Crippen molar-refractivity contribution in [3.8, 4) is 0 Å². The van der Waals surface area contributed by atoms with Crippen molar-refractivity contribution in [1.29, 1.82) is 0 Å². The topological polar surface area (TPSA) is 75.6 Å². The van der Waals surface area contributed by atoms with Crippen molar-refractivity contribution < 1.29 is 19.4 Å². The molecule has 0 bridgehead atoms. The van der Waals surface area contributed by atoms with Crippen molar-refractivity contribution in [3.05, 3.63) is 22.4 Å². The Kier molecular flexibility index (Phi) is 3.21. The highest BCUT2D eigenvalue weighted by molar-refractivity contribution is 7.08. The average Bonchev–Trinajstić information content (AvgIpc) is 2.86. The molecule has 2 rings (SSSR count). The smallest absolute Gasteiger partial charge is 0.334 e. The van der Waals surface area contributed by atoms with Crippen molar-refractivity contribution in [2.45, 2.75) is 18.6 Å². The lowest BCUT2D eigenvalue weighted by Crippen LogP contribution is -2.43. The number of hydrogen-bond donors (Lipinski definition) is 2. The number of carbonyl (C=O) groups excluding carboxylic acids is 1. The summed E-state index contributed by atoms with van der Waals surface area (Å²) >= 11 is 1.42. The van der Waals surface area contributed by atoms with Crippen LogP contribution in [0.1, 0.15) is 16.8 Å². The molecule has 0 unspecified atom stereocenters. The minimum absolute atomic E-state index is 0.247. The second kappa shape index (κ2) is 4.63. The number of rotatable bonds is 3. The highest BCUT2D eigenvalue weighted by atomic mass is 32.1. The Hall–Kier alpha value is -1.40. The fourth-order valence-electron chi connectivity index (χ4n) is 1.63. The first-order valence-corrected chi connectivity index (χ1v) is 5.80. The first-order chi connectivity index (χ1) is 7.68. The molecule has 1 fully saturated rings.